The van der Waals surface area contributed by atoms with Crippen molar-refractivity contribution in [1.29, 1.82) is 0 Å². The van der Waals surface area contributed by atoms with Crippen molar-refractivity contribution in [2.45, 2.75) is 12.5 Å². The molecular weight excluding hydrogens is 244 g/mol. The highest BCUT2D eigenvalue weighted by Crippen LogP contribution is 2.19. The molecule has 1 unspecified atom stereocenters. The predicted octanol–water partition coefficient (Wildman–Crippen LogP) is 2.32. The molecule has 3 nitrogen and oxygen atoms in total. The van der Waals surface area contributed by atoms with Crippen LogP contribution < -0.4 is 5.32 Å². The lowest BCUT2D eigenvalue weighted by atomic mass is 10.0. The highest BCUT2D eigenvalue weighted by atomic mass is 32.1. The number of likely N-dealkylation sites (N-methyl/N-ethyl adjacent to an activating group) is 1. The van der Waals surface area contributed by atoms with Crippen LogP contribution in [0.3, 0.4) is 0 Å². The van der Waals surface area contributed by atoms with Crippen LogP contribution in [-0.4, -0.2) is 15.8 Å². The first-order valence-electron chi connectivity index (χ1n) is 5.09. The van der Waals surface area contributed by atoms with Gasteiger partial charge >= 0.3 is 0 Å². The fourth-order valence-electron chi connectivity index (χ4n) is 1.60. The summed E-state index contributed by atoms with van der Waals surface area (Å²) in [5.74, 6) is -0.845. The lowest BCUT2D eigenvalue weighted by Crippen LogP contribution is -2.19. The van der Waals surface area contributed by atoms with Gasteiger partial charge in [0.2, 0.25) is 0 Å². The van der Waals surface area contributed by atoms with Gasteiger partial charge in [0.15, 0.2) is 0 Å². The van der Waals surface area contributed by atoms with Crippen LogP contribution in [0, 0.1) is 11.6 Å². The number of benzene rings is 1. The molecular formula is C11H11F2N3S. The number of aromatic nitrogens is 2. The zero-order chi connectivity index (χ0) is 12.3. The fourth-order valence-corrected chi connectivity index (χ4v) is 2.07. The van der Waals surface area contributed by atoms with Gasteiger partial charge in [-0.25, -0.2) is 8.78 Å². The van der Waals surface area contributed by atoms with Gasteiger partial charge in [-0.3, -0.25) is 0 Å². The third kappa shape index (κ3) is 2.83. The van der Waals surface area contributed by atoms with Crippen molar-refractivity contribution in [3.8, 4) is 0 Å². The van der Waals surface area contributed by atoms with E-state index in [2.05, 4.69) is 14.1 Å². The monoisotopic (exact) mass is 255 g/mol. The average Bonchev–Trinajstić information content (AvgIpc) is 2.84. The van der Waals surface area contributed by atoms with Gasteiger partial charge in [0.25, 0.3) is 0 Å². The Morgan fingerprint density at radius 3 is 2.88 bits per heavy atom. The number of nitrogens with zero attached hydrogens (tertiary/aromatic N) is 2. The molecule has 2 rings (SSSR count). The summed E-state index contributed by atoms with van der Waals surface area (Å²) in [7, 11) is 1.75. The summed E-state index contributed by atoms with van der Waals surface area (Å²) in [5, 5.41) is 3.01. The molecule has 2 aromatic rings. The normalized spacial score (nSPS) is 12.6. The Kier molecular flexibility index (Phi) is 3.75. The molecule has 0 aliphatic carbocycles. The summed E-state index contributed by atoms with van der Waals surface area (Å²) >= 11 is 1.09. The molecule has 0 aliphatic heterocycles. The molecule has 0 radical (unpaired) electrons. The topological polar surface area (TPSA) is 37.8 Å². The van der Waals surface area contributed by atoms with Crippen molar-refractivity contribution >= 4 is 11.7 Å². The molecule has 0 amide bonds. The first-order valence-corrected chi connectivity index (χ1v) is 5.82. The predicted molar refractivity (Wildman–Crippen MR) is 61.8 cm³/mol. The molecule has 17 heavy (non-hydrogen) atoms. The summed E-state index contributed by atoms with van der Waals surface area (Å²) in [5.41, 5.74) is 1.07. The molecule has 1 aromatic carbocycles. The van der Waals surface area contributed by atoms with E-state index in [9.17, 15) is 8.78 Å². The molecule has 1 aromatic heterocycles. The zero-order valence-electron chi connectivity index (χ0n) is 9.15. The van der Waals surface area contributed by atoms with E-state index in [4.69, 9.17) is 0 Å². The van der Waals surface area contributed by atoms with Crippen molar-refractivity contribution in [2.24, 2.45) is 0 Å². The Morgan fingerprint density at radius 1 is 1.41 bits per heavy atom. The van der Waals surface area contributed by atoms with E-state index in [1.807, 2.05) is 0 Å². The summed E-state index contributed by atoms with van der Waals surface area (Å²) in [6, 6.07) is 3.29. The van der Waals surface area contributed by atoms with Gasteiger partial charge in [0, 0.05) is 0 Å². The fraction of sp³-hybridized carbons (Fsp3) is 0.273. The van der Waals surface area contributed by atoms with Gasteiger partial charge < -0.3 is 5.32 Å². The van der Waals surface area contributed by atoms with Crippen molar-refractivity contribution in [3.05, 3.63) is 47.3 Å². The average molecular weight is 255 g/mol. The number of halogens is 2. The molecule has 0 fully saturated rings. The van der Waals surface area contributed by atoms with Crippen LogP contribution in [0.15, 0.2) is 24.4 Å². The third-order valence-corrected chi connectivity index (χ3v) is 3.01. The van der Waals surface area contributed by atoms with Crippen molar-refractivity contribution in [3.63, 3.8) is 0 Å². The first-order chi connectivity index (χ1) is 8.20. The lowest BCUT2D eigenvalue weighted by Gasteiger charge is -2.13. The Morgan fingerprint density at radius 2 is 2.24 bits per heavy atom. The molecule has 1 heterocycles. The Labute approximate surface area is 102 Å². The Hall–Kier alpha value is -1.40. The van der Waals surface area contributed by atoms with Crippen LogP contribution in [-0.2, 0) is 6.42 Å². The summed E-state index contributed by atoms with van der Waals surface area (Å²) in [6.07, 6.45) is 1.97. The van der Waals surface area contributed by atoms with Gasteiger partial charge in [-0.2, -0.15) is 8.75 Å². The van der Waals surface area contributed by atoms with E-state index in [-0.39, 0.29) is 6.04 Å². The van der Waals surface area contributed by atoms with E-state index in [1.54, 1.807) is 13.2 Å². The third-order valence-electron chi connectivity index (χ3n) is 2.52. The molecule has 1 atom stereocenters. The second-order valence-corrected chi connectivity index (χ2v) is 4.17. The Bertz CT molecular complexity index is 487. The van der Waals surface area contributed by atoms with E-state index in [1.165, 1.54) is 6.07 Å². The molecule has 1 N–H and O–H groups in total. The van der Waals surface area contributed by atoms with Crippen molar-refractivity contribution < 1.29 is 8.78 Å². The van der Waals surface area contributed by atoms with Crippen LogP contribution in [0.4, 0.5) is 8.78 Å². The highest BCUT2D eigenvalue weighted by molar-refractivity contribution is 6.99. The molecule has 0 spiro atoms. The van der Waals surface area contributed by atoms with Crippen LogP contribution >= 0.6 is 11.7 Å². The molecule has 0 saturated carbocycles. The van der Waals surface area contributed by atoms with E-state index < -0.39 is 11.6 Å². The number of nitrogens with one attached hydrogen (secondary N) is 1. The molecule has 6 heteroatoms. The van der Waals surface area contributed by atoms with E-state index >= 15 is 0 Å². The quantitative estimate of drug-likeness (QED) is 0.911. The van der Waals surface area contributed by atoms with Crippen LogP contribution in [0.1, 0.15) is 17.3 Å². The largest absolute Gasteiger partial charge is 0.311 e. The molecule has 0 saturated heterocycles. The minimum Gasteiger partial charge on any atom is -0.311 e. The minimum atomic E-state index is -0.437. The molecule has 0 aliphatic rings. The maximum Gasteiger partial charge on any atom is 0.126 e. The van der Waals surface area contributed by atoms with E-state index in [0.29, 0.717) is 12.0 Å². The summed E-state index contributed by atoms with van der Waals surface area (Å²) in [6.45, 7) is 0. The van der Waals surface area contributed by atoms with Crippen LogP contribution in [0.5, 0.6) is 0 Å². The van der Waals surface area contributed by atoms with Gasteiger partial charge in [0.05, 0.1) is 29.7 Å². The van der Waals surface area contributed by atoms with Gasteiger partial charge in [0.1, 0.15) is 11.6 Å². The van der Waals surface area contributed by atoms with E-state index in [0.717, 1.165) is 29.6 Å². The van der Waals surface area contributed by atoms with Crippen molar-refractivity contribution in [1.82, 2.24) is 14.1 Å². The zero-order valence-corrected chi connectivity index (χ0v) is 9.97. The van der Waals surface area contributed by atoms with Gasteiger partial charge in [-0.05, 0) is 37.2 Å². The van der Waals surface area contributed by atoms with Crippen molar-refractivity contribution in [2.75, 3.05) is 7.05 Å². The highest BCUT2D eigenvalue weighted by Gasteiger charge is 2.15. The SMILES string of the molecule is CNC(Cc1cc(F)ccc1F)c1cnsn1. The van der Waals surface area contributed by atoms with Gasteiger partial charge in [-0.15, -0.1) is 0 Å². The second kappa shape index (κ2) is 5.29. The Balaban J connectivity index is 2.21. The number of hydrogen-bond acceptors (Lipinski definition) is 4. The number of rotatable bonds is 4. The summed E-state index contributed by atoms with van der Waals surface area (Å²) in [4.78, 5) is 0. The maximum absolute atomic E-state index is 13.5. The standard InChI is InChI=1S/C11H11F2N3S/c1-14-10(11-6-15-17-16-11)5-7-4-8(12)2-3-9(7)13/h2-4,6,10,14H,5H2,1H3. The minimum absolute atomic E-state index is 0.162. The lowest BCUT2D eigenvalue weighted by molar-refractivity contribution is 0.538. The first kappa shape index (κ1) is 12.1. The second-order valence-electron chi connectivity index (χ2n) is 3.61. The van der Waals surface area contributed by atoms with Crippen LogP contribution in [0.25, 0.3) is 0 Å². The summed E-state index contributed by atoms with van der Waals surface area (Å²) < 4.78 is 34.5. The van der Waals surface area contributed by atoms with Crippen LogP contribution in [0.2, 0.25) is 0 Å². The van der Waals surface area contributed by atoms with Gasteiger partial charge in [-0.1, -0.05) is 0 Å². The number of hydrogen-bond donors (Lipinski definition) is 1. The molecule has 90 valence electrons. The smallest absolute Gasteiger partial charge is 0.126 e. The maximum atomic E-state index is 13.5. The molecule has 0 bridgehead atoms.